The number of benzene rings is 2. The van der Waals surface area contributed by atoms with E-state index >= 15 is 0 Å². The first-order chi connectivity index (χ1) is 22.8. The summed E-state index contributed by atoms with van der Waals surface area (Å²) in [5, 5.41) is 5.79. The molecule has 4 aromatic rings. The number of primary amides is 1. The van der Waals surface area contributed by atoms with Gasteiger partial charge in [-0.25, -0.2) is 9.48 Å². The first kappa shape index (κ1) is 32.0. The molecular weight excluding hydrogens is 655 g/mol. The number of carbonyl (C=O) groups is 3. The Morgan fingerprint density at radius 3 is 2.29 bits per heavy atom. The first-order valence-electron chi connectivity index (χ1n) is 15.7. The zero-order chi connectivity index (χ0) is 34.1. The fraction of sp³-hybridized carbons (Fsp3) is 0.343. The number of carbonyl (C=O) groups excluding carboxylic acids is 3. The van der Waals surface area contributed by atoms with E-state index in [0.29, 0.717) is 64.2 Å². The number of hydrogen-bond acceptors (Lipinski definition) is 7. The lowest BCUT2D eigenvalue weighted by Gasteiger charge is -2.55. The average Bonchev–Trinajstić information content (AvgIpc) is 3.42. The zero-order valence-electron chi connectivity index (χ0n) is 26.9. The number of fused-ring (bicyclic) bond motifs is 5. The summed E-state index contributed by atoms with van der Waals surface area (Å²) in [5.74, 6) is -0.185. The lowest BCUT2D eigenvalue weighted by atomic mass is 9.85. The van der Waals surface area contributed by atoms with Crippen LogP contribution in [-0.4, -0.2) is 80.4 Å². The molecule has 3 fully saturated rings. The number of halogens is 2. The number of ether oxygens (including phenoxy) is 2. The van der Waals surface area contributed by atoms with Crippen molar-refractivity contribution in [2.45, 2.75) is 57.7 Å². The molecule has 3 saturated heterocycles. The van der Waals surface area contributed by atoms with Crippen LogP contribution in [0.2, 0.25) is 10.0 Å². The van der Waals surface area contributed by atoms with Crippen LogP contribution in [0.1, 0.15) is 59.2 Å². The minimum absolute atomic E-state index is 0.118. The van der Waals surface area contributed by atoms with Gasteiger partial charge in [-0.15, -0.1) is 0 Å². The summed E-state index contributed by atoms with van der Waals surface area (Å²) in [6.07, 6.45) is 4.73. The second kappa shape index (κ2) is 11.8. The minimum atomic E-state index is -0.604. The minimum Gasteiger partial charge on any atom is -0.496 e. The molecule has 2 aromatic heterocycles. The highest BCUT2D eigenvalue weighted by Gasteiger charge is 2.50. The Morgan fingerprint density at radius 1 is 0.938 bits per heavy atom. The van der Waals surface area contributed by atoms with Crippen LogP contribution in [0.15, 0.2) is 48.8 Å². The molecule has 248 valence electrons. The van der Waals surface area contributed by atoms with Crippen molar-refractivity contribution in [3.8, 4) is 33.8 Å². The van der Waals surface area contributed by atoms with Crippen molar-refractivity contribution in [1.82, 2.24) is 24.6 Å². The van der Waals surface area contributed by atoms with Crippen LogP contribution in [0.5, 0.6) is 5.75 Å². The van der Waals surface area contributed by atoms with Gasteiger partial charge in [-0.3, -0.25) is 19.5 Å². The van der Waals surface area contributed by atoms with Gasteiger partial charge in [-0.05, 0) is 82.0 Å². The van der Waals surface area contributed by atoms with Crippen LogP contribution >= 0.6 is 23.2 Å². The van der Waals surface area contributed by atoms with Crippen LogP contribution in [0.25, 0.3) is 28.1 Å². The molecule has 48 heavy (non-hydrogen) atoms. The highest BCUT2D eigenvalue weighted by atomic mass is 35.5. The summed E-state index contributed by atoms with van der Waals surface area (Å²) >= 11 is 12.9. The SMILES string of the molecule is COc1cc2c(cc1-c1cncc(C(N)=O)c1)-c1c(c(C(=O)N3CC4CC(C3)N4C(=O)OC(C)(C)C)nn1-c1cc(Cl)cc(Cl)c1)CC2. The summed E-state index contributed by atoms with van der Waals surface area (Å²) in [5.41, 5.74) is 10.9. The Kier molecular flexibility index (Phi) is 7.87. The molecular formula is C35H34Cl2N6O5. The summed E-state index contributed by atoms with van der Waals surface area (Å²) in [6.45, 7) is 6.31. The predicted molar refractivity (Wildman–Crippen MR) is 181 cm³/mol. The first-order valence-corrected chi connectivity index (χ1v) is 16.4. The Balaban J connectivity index is 1.32. The molecule has 2 unspecified atom stereocenters. The van der Waals surface area contributed by atoms with E-state index < -0.39 is 11.5 Å². The molecule has 2 atom stereocenters. The third-order valence-corrected chi connectivity index (χ3v) is 9.46. The number of hydrogen-bond donors (Lipinski definition) is 1. The Labute approximate surface area is 287 Å². The number of rotatable bonds is 5. The van der Waals surface area contributed by atoms with Gasteiger partial charge in [0.15, 0.2) is 5.69 Å². The third-order valence-electron chi connectivity index (χ3n) is 9.02. The maximum atomic E-state index is 14.3. The summed E-state index contributed by atoms with van der Waals surface area (Å²) < 4.78 is 13.1. The summed E-state index contributed by atoms with van der Waals surface area (Å²) in [7, 11) is 1.59. The Morgan fingerprint density at radius 2 is 1.65 bits per heavy atom. The molecule has 5 heterocycles. The van der Waals surface area contributed by atoms with Gasteiger partial charge in [-0.2, -0.15) is 5.10 Å². The number of nitrogens with zero attached hydrogens (tertiary/aromatic N) is 5. The second-order valence-corrected chi connectivity index (χ2v) is 14.3. The number of piperazine rings is 1. The van der Waals surface area contributed by atoms with Gasteiger partial charge in [0.05, 0.1) is 36.1 Å². The number of pyridine rings is 1. The molecule has 2 aromatic carbocycles. The molecule has 13 heteroatoms. The highest BCUT2D eigenvalue weighted by molar-refractivity contribution is 6.34. The van der Waals surface area contributed by atoms with E-state index in [1.807, 2.05) is 32.9 Å². The molecule has 0 saturated carbocycles. The molecule has 4 aliphatic rings. The zero-order valence-corrected chi connectivity index (χ0v) is 28.4. The van der Waals surface area contributed by atoms with Gasteiger partial charge >= 0.3 is 6.09 Å². The van der Waals surface area contributed by atoms with Crippen LogP contribution in [0.3, 0.4) is 0 Å². The number of nitrogens with two attached hydrogens (primary N) is 1. The Bertz CT molecular complexity index is 1970. The largest absolute Gasteiger partial charge is 0.496 e. The quantitative estimate of drug-likeness (QED) is 0.274. The lowest BCUT2D eigenvalue weighted by molar-refractivity contribution is -0.0694. The number of piperidine rings is 1. The summed E-state index contributed by atoms with van der Waals surface area (Å²) in [4.78, 5) is 46.9. The van der Waals surface area contributed by atoms with E-state index in [9.17, 15) is 14.4 Å². The van der Waals surface area contributed by atoms with E-state index in [0.717, 1.165) is 28.8 Å². The van der Waals surface area contributed by atoms with Crippen molar-refractivity contribution in [3.05, 3.63) is 81.2 Å². The van der Waals surface area contributed by atoms with Crippen molar-refractivity contribution < 1.29 is 23.9 Å². The van der Waals surface area contributed by atoms with Gasteiger partial charge in [0.25, 0.3) is 5.91 Å². The van der Waals surface area contributed by atoms with E-state index in [4.69, 9.17) is 43.5 Å². The maximum absolute atomic E-state index is 14.3. The van der Waals surface area contributed by atoms with Gasteiger partial charge < -0.3 is 20.1 Å². The van der Waals surface area contributed by atoms with E-state index in [2.05, 4.69) is 4.98 Å². The highest BCUT2D eigenvalue weighted by Crippen LogP contribution is 2.44. The van der Waals surface area contributed by atoms with Crippen molar-refractivity contribution in [1.29, 1.82) is 0 Å². The van der Waals surface area contributed by atoms with Gasteiger partial charge in [0, 0.05) is 57.8 Å². The maximum Gasteiger partial charge on any atom is 0.410 e. The fourth-order valence-electron chi connectivity index (χ4n) is 6.95. The molecule has 3 aliphatic heterocycles. The molecule has 2 bridgehead atoms. The molecule has 11 nitrogen and oxygen atoms in total. The predicted octanol–water partition coefficient (Wildman–Crippen LogP) is 5.95. The molecule has 0 spiro atoms. The molecule has 0 radical (unpaired) electrons. The Hall–Kier alpha value is -4.61. The summed E-state index contributed by atoms with van der Waals surface area (Å²) in [6, 6.07) is 10.5. The van der Waals surface area contributed by atoms with E-state index in [-0.39, 0.29) is 29.6 Å². The van der Waals surface area contributed by atoms with Gasteiger partial charge in [0.2, 0.25) is 5.91 Å². The van der Waals surface area contributed by atoms with Crippen molar-refractivity contribution in [2.24, 2.45) is 5.73 Å². The lowest BCUT2D eigenvalue weighted by Crippen LogP contribution is -2.71. The molecule has 3 amide bonds. The average molecular weight is 690 g/mol. The van der Waals surface area contributed by atoms with Gasteiger partial charge in [0.1, 0.15) is 11.4 Å². The third kappa shape index (κ3) is 5.64. The van der Waals surface area contributed by atoms with Crippen LogP contribution in [0, 0.1) is 0 Å². The van der Waals surface area contributed by atoms with Crippen molar-refractivity contribution in [2.75, 3.05) is 20.2 Å². The van der Waals surface area contributed by atoms with Gasteiger partial charge in [-0.1, -0.05) is 23.2 Å². The molecule has 2 N–H and O–H groups in total. The van der Waals surface area contributed by atoms with Crippen LogP contribution < -0.4 is 10.5 Å². The topological polar surface area (TPSA) is 133 Å². The van der Waals surface area contributed by atoms with E-state index in [1.54, 1.807) is 52.1 Å². The number of amides is 3. The number of aryl methyl sites for hydroxylation is 1. The van der Waals surface area contributed by atoms with Crippen molar-refractivity contribution >= 4 is 41.1 Å². The monoisotopic (exact) mass is 688 g/mol. The molecule has 1 aliphatic carbocycles. The van der Waals surface area contributed by atoms with Crippen LogP contribution in [-0.2, 0) is 17.6 Å². The normalized spacial score (nSPS) is 18.0. The standard InChI is InChI=1S/C35H34Cl2N6O5/c1-35(2,3)48-34(46)42-24-12-25(42)17-41(16-24)33(45)30-26-6-5-18-8-29(47-4)27(19-7-20(32(38)44)15-39-14-19)13-28(18)31(26)43(40-30)23-10-21(36)9-22(37)11-23/h7-11,13-15,24-25H,5-6,12,16-17H2,1-4H3,(H2,38,44). The number of methoxy groups -OCH3 is 1. The molecule has 8 rings (SSSR count). The van der Waals surface area contributed by atoms with E-state index in [1.165, 1.54) is 6.20 Å². The number of aromatic nitrogens is 3. The smallest absolute Gasteiger partial charge is 0.410 e. The van der Waals surface area contributed by atoms with Crippen molar-refractivity contribution in [3.63, 3.8) is 0 Å². The fourth-order valence-corrected chi connectivity index (χ4v) is 7.46. The second-order valence-electron chi connectivity index (χ2n) is 13.4. The van der Waals surface area contributed by atoms with Crippen LogP contribution in [0.4, 0.5) is 4.79 Å².